The molecule has 1 heterocycles. The lowest BCUT2D eigenvalue weighted by Gasteiger charge is -2.24. The molecular formula is C12H22N4O. The van der Waals surface area contributed by atoms with Crippen LogP contribution in [0.4, 0.5) is 11.6 Å². The van der Waals surface area contributed by atoms with Crippen molar-refractivity contribution in [2.75, 3.05) is 31.0 Å². The number of nitrogens with two attached hydrogens (primary N) is 1. The van der Waals surface area contributed by atoms with E-state index < -0.39 is 0 Å². The van der Waals surface area contributed by atoms with E-state index in [-0.39, 0.29) is 5.41 Å². The van der Waals surface area contributed by atoms with Gasteiger partial charge in [-0.1, -0.05) is 19.9 Å². The predicted molar refractivity (Wildman–Crippen MR) is 70.8 cm³/mol. The molecule has 0 radical (unpaired) electrons. The van der Waals surface area contributed by atoms with Gasteiger partial charge in [0.2, 0.25) is 0 Å². The van der Waals surface area contributed by atoms with Crippen LogP contribution in [0.25, 0.3) is 0 Å². The van der Waals surface area contributed by atoms with Crippen LogP contribution >= 0.6 is 0 Å². The molecule has 1 aromatic heterocycles. The number of aromatic nitrogens is 1. The van der Waals surface area contributed by atoms with E-state index in [1.165, 1.54) is 0 Å². The van der Waals surface area contributed by atoms with E-state index in [0.717, 1.165) is 25.4 Å². The van der Waals surface area contributed by atoms with Crippen LogP contribution in [-0.2, 0) is 4.74 Å². The van der Waals surface area contributed by atoms with Crippen molar-refractivity contribution in [1.29, 1.82) is 0 Å². The number of nitrogens with zero attached hydrogens (tertiary/aromatic N) is 1. The van der Waals surface area contributed by atoms with E-state index in [9.17, 15) is 0 Å². The Bertz CT molecular complexity index is 341. The van der Waals surface area contributed by atoms with Crippen LogP contribution in [0.5, 0.6) is 0 Å². The highest BCUT2D eigenvalue weighted by Crippen LogP contribution is 2.21. The van der Waals surface area contributed by atoms with Crippen LogP contribution in [0, 0.1) is 5.41 Å². The Morgan fingerprint density at radius 2 is 2.06 bits per heavy atom. The number of hydrogen-bond donors (Lipinski definition) is 3. The maximum absolute atomic E-state index is 5.31. The summed E-state index contributed by atoms with van der Waals surface area (Å²) >= 11 is 0. The van der Waals surface area contributed by atoms with Crippen LogP contribution in [0.1, 0.15) is 20.3 Å². The van der Waals surface area contributed by atoms with Gasteiger partial charge in [0.1, 0.15) is 11.6 Å². The molecule has 0 aliphatic rings. The minimum absolute atomic E-state index is 0.170. The molecule has 0 amide bonds. The van der Waals surface area contributed by atoms with Crippen LogP contribution in [-0.4, -0.2) is 25.2 Å². The minimum Gasteiger partial charge on any atom is -0.385 e. The molecule has 96 valence electrons. The Labute approximate surface area is 103 Å². The molecule has 0 fully saturated rings. The summed E-state index contributed by atoms with van der Waals surface area (Å²) in [6.45, 7) is 6.01. The Kier molecular flexibility index (Phi) is 5.18. The Hall–Kier alpha value is -1.33. The Balaban J connectivity index is 2.48. The number of rotatable bonds is 7. The number of nitrogens with one attached hydrogen (secondary N) is 2. The average molecular weight is 238 g/mol. The molecule has 1 aromatic rings. The van der Waals surface area contributed by atoms with E-state index in [2.05, 4.69) is 29.6 Å². The highest BCUT2D eigenvalue weighted by atomic mass is 16.5. The molecule has 4 N–H and O–H groups in total. The van der Waals surface area contributed by atoms with Gasteiger partial charge in [0.25, 0.3) is 0 Å². The van der Waals surface area contributed by atoms with Crippen molar-refractivity contribution in [3.63, 3.8) is 0 Å². The highest BCUT2D eigenvalue weighted by Gasteiger charge is 2.17. The molecule has 0 atom stereocenters. The largest absolute Gasteiger partial charge is 0.385 e. The lowest BCUT2D eigenvalue weighted by molar-refractivity contribution is 0.157. The summed E-state index contributed by atoms with van der Waals surface area (Å²) in [5.74, 6) is 6.79. The maximum Gasteiger partial charge on any atom is 0.142 e. The van der Waals surface area contributed by atoms with E-state index in [1.807, 2.05) is 18.2 Å². The van der Waals surface area contributed by atoms with Crippen molar-refractivity contribution < 1.29 is 4.74 Å². The first-order valence-electron chi connectivity index (χ1n) is 5.74. The number of hydrogen-bond acceptors (Lipinski definition) is 5. The number of nitrogen functional groups attached to an aromatic ring is 1. The first-order chi connectivity index (χ1) is 8.07. The fourth-order valence-corrected chi connectivity index (χ4v) is 1.41. The molecule has 0 aliphatic heterocycles. The molecule has 0 spiro atoms. The third-order valence-corrected chi connectivity index (χ3v) is 2.63. The van der Waals surface area contributed by atoms with E-state index in [1.54, 1.807) is 7.11 Å². The molecule has 5 nitrogen and oxygen atoms in total. The fourth-order valence-electron chi connectivity index (χ4n) is 1.41. The van der Waals surface area contributed by atoms with Gasteiger partial charge in [0.05, 0.1) is 0 Å². The van der Waals surface area contributed by atoms with Crippen molar-refractivity contribution in [2.24, 2.45) is 11.3 Å². The Morgan fingerprint density at radius 3 is 2.71 bits per heavy atom. The van der Waals surface area contributed by atoms with E-state index in [4.69, 9.17) is 10.6 Å². The topological polar surface area (TPSA) is 72.2 Å². The van der Waals surface area contributed by atoms with Crippen LogP contribution in [0.15, 0.2) is 18.2 Å². The third-order valence-electron chi connectivity index (χ3n) is 2.63. The Morgan fingerprint density at radius 1 is 1.35 bits per heavy atom. The molecule has 0 aromatic carbocycles. The number of methoxy groups -OCH3 is 1. The van der Waals surface area contributed by atoms with Crippen molar-refractivity contribution in [3.05, 3.63) is 18.2 Å². The third kappa shape index (κ3) is 5.01. The first kappa shape index (κ1) is 13.7. The first-order valence-corrected chi connectivity index (χ1v) is 5.74. The van der Waals surface area contributed by atoms with Gasteiger partial charge in [-0.3, -0.25) is 0 Å². The van der Waals surface area contributed by atoms with Gasteiger partial charge in [-0.15, -0.1) is 0 Å². The summed E-state index contributed by atoms with van der Waals surface area (Å²) in [4.78, 5) is 4.30. The summed E-state index contributed by atoms with van der Waals surface area (Å²) < 4.78 is 5.10. The van der Waals surface area contributed by atoms with Crippen LogP contribution < -0.4 is 16.6 Å². The molecule has 1 rings (SSSR count). The van der Waals surface area contributed by atoms with Gasteiger partial charge in [0, 0.05) is 20.3 Å². The molecule has 0 saturated carbocycles. The van der Waals surface area contributed by atoms with Gasteiger partial charge in [-0.25, -0.2) is 10.8 Å². The number of pyridine rings is 1. The summed E-state index contributed by atoms with van der Waals surface area (Å²) in [6, 6.07) is 5.65. The quantitative estimate of drug-likeness (QED) is 0.499. The average Bonchev–Trinajstić information content (AvgIpc) is 2.34. The minimum atomic E-state index is 0.170. The maximum atomic E-state index is 5.31. The second-order valence-corrected chi connectivity index (χ2v) is 4.81. The lowest BCUT2D eigenvalue weighted by Crippen LogP contribution is -2.25. The van der Waals surface area contributed by atoms with E-state index in [0.29, 0.717) is 5.82 Å². The summed E-state index contributed by atoms with van der Waals surface area (Å²) in [6.07, 6.45) is 1.01. The van der Waals surface area contributed by atoms with Gasteiger partial charge in [-0.05, 0) is 24.0 Å². The monoisotopic (exact) mass is 238 g/mol. The molecule has 0 bridgehead atoms. The second-order valence-electron chi connectivity index (χ2n) is 4.81. The van der Waals surface area contributed by atoms with Crippen molar-refractivity contribution in [2.45, 2.75) is 20.3 Å². The molecule has 0 unspecified atom stereocenters. The van der Waals surface area contributed by atoms with Gasteiger partial charge in [0.15, 0.2) is 0 Å². The normalized spacial score (nSPS) is 11.3. The summed E-state index contributed by atoms with van der Waals surface area (Å²) in [5.41, 5.74) is 2.70. The zero-order chi connectivity index (χ0) is 12.7. The summed E-state index contributed by atoms with van der Waals surface area (Å²) in [7, 11) is 1.72. The zero-order valence-electron chi connectivity index (χ0n) is 10.8. The fraction of sp³-hybridized carbons (Fsp3) is 0.583. The smallest absolute Gasteiger partial charge is 0.142 e. The molecular weight excluding hydrogens is 216 g/mol. The van der Waals surface area contributed by atoms with Crippen molar-refractivity contribution >= 4 is 11.6 Å². The highest BCUT2D eigenvalue weighted by molar-refractivity contribution is 5.44. The lowest BCUT2D eigenvalue weighted by atomic mass is 9.90. The molecule has 17 heavy (non-hydrogen) atoms. The SMILES string of the molecule is COCCC(C)(C)CNc1cccc(NN)n1. The van der Waals surface area contributed by atoms with Gasteiger partial charge in [-0.2, -0.15) is 0 Å². The molecule has 5 heteroatoms. The molecule has 0 saturated heterocycles. The van der Waals surface area contributed by atoms with Crippen LogP contribution in [0.2, 0.25) is 0 Å². The predicted octanol–water partition coefficient (Wildman–Crippen LogP) is 1.84. The number of ether oxygens (including phenoxy) is 1. The van der Waals surface area contributed by atoms with Gasteiger partial charge >= 0.3 is 0 Å². The number of hydrazine groups is 1. The number of anilines is 2. The molecule has 0 aliphatic carbocycles. The van der Waals surface area contributed by atoms with Crippen molar-refractivity contribution in [1.82, 2.24) is 4.98 Å². The summed E-state index contributed by atoms with van der Waals surface area (Å²) in [5, 5.41) is 3.31. The van der Waals surface area contributed by atoms with Crippen molar-refractivity contribution in [3.8, 4) is 0 Å². The standard InChI is InChI=1S/C12H22N4O/c1-12(2,7-8-17-3)9-14-10-5-4-6-11(15-10)16-13/h4-6H,7-9,13H2,1-3H3,(H2,14,15,16). The second kappa shape index (κ2) is 6.42. The van der Waals surface area contributed by atoms with Gasteiger partial charge < -0.3 is 15.5 Å². The van der Waals surface area contributed by atoms with E-state index >= 15 is 0 Å². The zero-order valence-corrected chi connectivity index (χ0v) is 10.8. The van der Waals surface area contributed by atoms with Crippen LogP contribution in [0.3, 0.4) is 0 Å².